The normalized spacial score (nSPS) is 12.8. The molecule has 3 heteroatoms. The maximum absolute atomic E-state index is 11.6. The van der Waals surface area contributed by atoms with Crippen LogP contribution in [-0.2, 0) is 4.79 Å². The summed E-state index contributed by atoms with van der Waals surface area (Å²) in [5.74, 6) is 0.380. The SMILES string of the molecule is CCN(C)C(=PC)C(=O)C(C)C. The quantitative estimate of drug-likeness (QED) is 0.626. The van der Waals surface area contributed by atoms with Crippen molar-refractivity contribution in [3.63, 3.8) is 0 Å². The molecule has 0 atom stereocenters. The molecule has 0 fully saturated rings. The van der Waals surface area contributed by atoms with E-state index in [9.17, 15) is 4.79 Å². The van der Waals surface area contributed by atoms with Crippen LogP contribution in [0, 0.1) is 5.92 Å². The summed E-state index contributed by atoms with van der Waals surface area (Å²) in [6.45, 7) is 8.84. The molecule has 0 aliphatic heterocycles. The Morgan fingerprint density at radius 1 is 1.50 bits per heavy atom. The Balaban J connectivity index is 4.48. The first-order valence-corrected chi connectivity index (χ1v) is 5.60. The van der Waals surface area contributed by atoms with Gasteiger partial charge >= 0.3 is 0 Å². The first kappa shape index (κ1) is 11.8. The van der Waals surface area contributed by atoms with Crippen molar-refractivity contribution >= 4 is 19.4 Å². The van der Waals surface area contributed by atoms with Crippen LogP contribution in [-0.4, -0.2) is 36.4 Å². The van der Waals surface area contributed by atoms with Crippen LogP contribution in [0.4, 0.5) is 0 Å². The van der Waals surface area contributed by atoms with Gasteiger partial charge in [-0.25, -0.2) is 0 Å². The van der Waals surface area contributed by atoms with E-state index in [0.29, 0.717) is 0 Å². The van der Waals surface area contributed by atoms with Gasteiger partial charge in [0.25, 0.3) is 0 Å². The Labute approximate surface area is 76.8 Å². The summed E-state index contributed by atoms with van der Waals surface area (Å²) in [5, 5.41) is 0. The molecule has 0 saturated heterocycles. The molecule has 0 aliphatic rings. The Morgan fingerprint density at radius 3 is 2.25 bits per heavy atom. The summed E-state index contributed by atoms with van der Waals surface area (Å²) in [4.78, 5) is 13.6. The fraction of sp³-hybridized carbons (Fsp3) is 0.778. The van der Waals surface area contributed by atoms with E-state index >= 15 is 0 Å². The molecule has 0 N–H and O–H groups in total. The maximum atomic E-state index is 11.6. The zero-order valence-electron chi connectivity index (χ0n) is 8.59. The van der Waals surface area contributed by atoms with Gasteiger partial charge in [-0.15, -0.1) is 0 Å². The van der Waals surface area contributed by atoms with E-state index in [2.05, 4.69) is 6.92 Å². The van der Waals surface area contributed by atoms with Gasteiger partial charge in [0.2, 0.25) is 0 Å². The number of carbonyl (C=O) groups is 1. The number of hydrogen-bond donors (Lipinski definition) is 0. The molecule has 0 rings (SSSR count). The molecule has 0 aromatic heterocycles. The van der Waals surface area contributed by atoms with Gasteiger partial charge in [0, 0.05) is 12.5 Å². The van der Waals surface area contributed by atoms with E-state index in [0.717, 1.165) is 20.2 Å². The minimum Gasteiger partial charge on any atom is -0.292 e. The zero-order valence-corrected chi connectivity index (χ0v) is 9.48. The van der Waals surface area contributed by atoms with E-state index in [1.165, 1.54) is 0 Å². The standard InChI is InChI=1S/C9H18NOP/c1-6-10(4)9(12-5)8(11)7(2)3/h7H,6H2,1-5H3. The van der Waals surface area contributed by atoms with E-state index in [4.69, 9.17) is 0 Å². The molecule has 0 unspecified atom stereocenters. The van der Waals surface area contributed by atoms with Crippen molar-refractivity contribution in [3.05, 3.63) is 0 Å². The monoisotopic (exact) mass is 187 g/mol. The van der Waals surface area contributed by atoms with Crippen molar-refractivity contribution in [2.45, 2.75) is 20.8 Å². The topological polar surface area (TPSA) is 20.3 Å². The van der Waals surface area contributed by atoms with Crippen molar-refractivity contribution in [1.29, 1.82) is 0 Å². The summed E-state index contributed by atoms with van der Waals surface area (Å²) in [6.07, 6.45) is 0. The fourth-order valence-electron chi connectivity index (χ4n) is 0.877. The van der Waals surface area contributed by atoms with Crippen molar-refractivity contribution in [2.75, 3.05) is 20.3 Å². The van der Waals surface area contributed by atoms with E-state index in [-0.39, 0.29) is 11.7 Å². The van der Waals surface area contributed by atoms with Gasteiger partial charge in [-0.1, -0.05) is 29.0 Å². The molecule has 0 saturated carbocycles. The lowest BCUT2D eigenvalue weighted by molar-refractivity contribution is -0.115. The second-order valence-corrected chi connectivity index (χ2v) is 3.95. The van der Waals surface area contributed by atoms with Crippen LogP contribution in [0.1, 0.15) is 20.8 Å². The van der Waals surface area contributed by atoms with Crippen LogP contribution < -0.4 is 0 Å². The predicted molar refractivity (Wildman–Crippen MR) is 56.0 cm³/mol. The molecule has 0 heterocycles. The van der Waals surface area contributed by atoms with Crippen molar-refractivity contribution < 1.29 is 4.79 Å². The second-order valence-electron chi connectivity index (χ2n) is 3.08. The number of rotatable bonds is 4. The lowest BCUT2D eigenvalue weighted by Gasteiger charge is -2.17. The van der Waals surface area contributed by atoms with Gasteiger partial charge in [0.15, 0.2) is 5.78 Å². The number of hydrogen-bond acceptors (Lipinski definition) is 1. The molecule has 0 radical (unpaired) electrons. The Morgan fingerprint density at radius 2 is 2.00 bits per heavy atom. The third-order valence-corrected chi connectivity index (χ3v) is 2.78. The molecule has 0 aliphatic carbocycles. The largest absolute Gasteiger partial charge is 0.292 e. The molecule has 70 valence electrons. The average molecular weight is 187 g/mol. The highest BCUT2D eigenvalue weighted by atomic mass is 31.1. The Kier molecular flexibility index (Phi) is 5.36. The number of nitrogens with zero attached hydrogens (tertiary/aromatic N) is 1. The average Bonchev–Trinajstić information content (AvgIpc) is 2.05. The lowest BCUT2D eigenvalue weighted by Crippen LogP contribution is -2.34. The first-order valence-electron chi connectivity index (χ1n) is 4.26. The van der Waals surface area contributed by atoms with Crippen LogP contribution in [0.5, 0.6) is 0 Å². The Hall–Kier alpha value is -0.200. The van der Waals surface area contributed by atoms with Crippen LogP contribution in [0.15, 0.2) is 0 Å². The summed E-state index contributed by atoms with van der Waals surface area (Å²) >= 11 is 0. The molecule has 0 aromatic carbocycles. The second kappa shape index (κ2) is 5.45. The molecule has 0 spiro atoms. The summed E-state index contributed by atoms with van der Waals surface area (Å²) in [5.41, 5.74) is 0.924. The number of ketones is 1. The molecular formula is C9H18NOP. The molecule has 0 amide bonds. The zero-order chi connectivity index (χ0) is 9.72. The highest BCUT2D eigenvalue weighted by Crippen LogP contribution is 2.06. The highest BCUT2D eigenvalue weighted by Gasteiger charge is 2.16. The maximum Gasteiger partial charge on any atom is 0.180 e. The minimum absolute atomic E-state index is 0.112. The summed E-state index contributed by atoms with van der Waals surface area (Å²) < 4.78 is 0. The number of likely N-dealkylation sites (N-methyl/N-ethyl adjacent to an activating group) is 1. The smallest absolute Gasteiger partial charge is 0.180 e. The minimum atomic E-state index is 0.112. The fourth-order valence-corrected chi connectivity index (χ4v) is 1.84. The summed E-state index contributed by atoms with van der Waals surface area (Å²) in [6, 6.07) is 0. The van der Waals surface area contributed by atoms with Crippen molar-refractivity contribution in [3.8, 4) is 0 Å². The predicted octanol–water partition coefficient (Wildman–Crippen LogP) is 1.87. The molecule has 0 bridgehead atoms. The number of carbonyl (C=O) groups excluding carboxylic acids is 1. The van der Waals surface area contributed by atoms with Gasteiger partial charge in [-0.3, -0.25) is 9.69 Å². The van der Waals surface area contributed by atoms with Gasteiger partial charge in [0.05, 0.1) is 5.42 Å². The van der Waals surface area contributed by atoms with Crippen LogP contribution in [0.25, 0.3) is 0 Å². The first-order chi connectivity index (χ1) is 5.54. The van der Waals surface area contributed by atoms with Crippen molar-refractivity contribution in [2.24, 2.45) is 5.92 Å². The molecule has 0 aromatic rings. The van der Waals surface area contributed by atoms with Gasteiger partial charge in [-0.2, -0.15) is 0 Å². The van der Waals surface area contributed by atoms with E-state index in [1.807, 2.05) is 32.5 Å². The third-order valence-electron chi connectivity index (χ3n) is 1.79. The Bertz CT molecular complexity index is 187. The molecule has 2 nitrogen and oxygen atoms in total. The van der Waals surface area contributed by atoms with Crippen LogP contribution in [0.3, 0.4) is 0 Å². The lowest BCUT2D eigenvalue weighted by atomic mass is 10.1. The number of Topliss-reactive ketones (excluding diaryl/α,β-unsaturated/α-hetero) is 1. The van der Waals surface area contributed by atoms with Gasteiger partial charge in [-0.05, 0) is 13.7 Å². The highest BCUT2D eigenvalue weighted by molar-refractivity contribution is 7.42. The van der Waals surface area contributed by atoms with Crippen LogP contribution >= 0.6 is 8.20 Å². The van der Waals surface area contributed by atoms with E-state index < -0.39 is 0 Å². The van der Waals surface area contributed by atoms with Gasteiger partial charge < -0.3 is 0 Å². The van der Waals surface area contributed by atoms with Gasteiger partial charge in [0.1, 0.15) is 0 Å². The molecular weight excluding hydrogens is 169 g/mol. The van der Waals surface area contributed by atoms with E-state index in [1.54, 1.807) is 0 Å². The summed E-state index contributed by atoms with van der Waals surface area (Å²) in [7, 11) is 3.03. The third kappa shape index (κ3) is 3.04. The van der Waals surface area contributed by atoms with Crippen molar-refractivity contribution in [1.82, 2.24) is 4.90 Å². The van der Waals surface area contributed by atoms with Crippen LogP contribution in [0.2, 0.25) is 0 Å². The molecule has 12 heavy (non-hydrogen) atoms.